The predicted octanol–water partition coefficient (Wildman–Crippen LogP) is 0.254. The average Bonchev–Trinajstić information content (AvgIpc) is 2.18. The second-order valence-corrected chi connectivity index (χ2v) is 6.36. The van der Waals surface area contributed by atoms with E-state index in [2.05, 4.69) is 4.90 Å². The largest absolute Gasteiger partial charge is 0.303 e. The van der Waals surface area contributed by atoms with Crippen molar-refractivity contribution in [3.05, 3.63) is 0 Å². The lowest BCUT2D eigenvalue weighted by atomic mass is 10.2. The van der Waals surface area contributed by atoms with Crippen molar-refractivity contribution in [2.45, 2.75) is 31.6 Å². The van der Waals surface area contributed by atoms with Crippen molar-refractivity contribution in [2.24, 2.45) is 0 Å². The van der Waals surface area contributed by atoms with Crippen molar-refractivity contribution < 1.29 is 8.42 Å². The molecule has 2 atom stereocenters. The maximum absolute atomic E-state index is 12.1. The minimum absolute atomic E-state index is 0.0499. The molecular formula is C10H19N3O2S. The van der Waals surface area contributed by atoms with Crippen LogP contribution in [-0.2, 0) is 10.0 Å². The fraction of sp³-hybridized carbons (Fsp3) is 0.900. The van der Waals surface area contributed by atoms with Gasteiger partial charge in [-0.25, -0.2) is 8.42 Å². The first-order chi connectivity index (χ1) is 7.43. The molecule has 0 spiro atoms. The van der Waals surface area contributed by atoms with E-state index in [1.807, 2.05) is 20.0 Å². The van der Waals surface area contributed by atoms with Gasteiger partial charge in [0.1, 0.15) is 0 Å². The summed E-state index contributed by atoms with van der Waals surface area (Å²) in [6, 6.07) is 1.83. The van der Waals surface area contributed by atoms with Crippen LogP contribution < -0.4 is 0 Å². The summed E-state index contributed by atoms with van der Waals surface area (Å²) in [5.74, 6) is 0. The molecule has 0 aliphatic carbocycles. The Labute approximate surface area is 97.7 Å². The van der Waals surface area contributed by atoms with E-state index in [0.29, 0.717) is 13.0 Å². The van der Waals surface area contributed by atoms with Gasteiger partial charge in [0, 0.05) is 25.7 Å². The van der Waals surface area contributed by atoms with Gasteiger partial charge in [0.15, 0.2) is 5.25 Å². The molecule has 1 heterocycles. The third kappa shape index (κ3) is 2.54. The summed E-state index contributed by atoms with van der Waals surface area (Å²) in [4.78, 5) is 2.10. The Morgan fingerprint density at radius 1 is 1.50 bits per heavy atom. The molecule has 0 saturated carbocycles. The Bertz CT molecular complexity index is 374. The number of likely N-dealkylation sites (N-methyl/N-ethyl adjacent to an activating group) is 1. The average molecular weight is 245 g/mol. The number of nitriles is 1. The van der Waals surface area contributed by atoms with Crippen molar-refractivity contribution in [3.8, 4) is 6.07 Å². The second kappa shape index (κ2) is 5.13. The molecule has 0 aromatic heterocycles. The molecule has 0 amide bonds. The SMILES string of the molecule is CCC(C#N)S(=O)(=O)N1CCN(C)CC1C. The van der Waals surface area contributed by atoms with E-state index >= 15 is 0 Å². The summed E-state index contributed by atoms with van der Waals surface area (Å²) in [7, 11) is -1.48. The number of nitrogens with zero attached hydrogens (tertiary/aromatic N) is 3. The van der Waals surface area contributed by atoms with Gasteiger partial charge in [-0.3, -0.25) is 0 Å². The minimum Gasteiger partial charge on any atom is -0.303 e. The van der Waals surface area contributed by atoms with Crippen LogP contribution in [0.1, 0.15) is 20.3 Å². The molecule has 6 heteroatoms. The van der Waals surface area contributed by atoms with Crippen LogP contribution in [0.15, 0.2) is 0 Å². The lowest BCUT2D eigenvalue weighted by molar-refractivity contribution is 0.170. The van der Waals surface area contributed by atoms with Crippen molar-refractivity contribution in [2.75, 3.05) is 26.7 Å². The Hall–Kier alpha value is -0.640. The molecule has 2 unspecified atom stereocenters. The van der Waals surface area contributed by atoms with E-state index in [9.17, 15) is 8.42 Å². The number of rotatable bonds is 3. The summed E-state index contributed by atoms with van der Waals surface area (Å²) in [6.07, 6.45) is 0.345. The molecule has 1 aliphatic rings. The molecule has 1 saturated heterocycles. The zero-order valence-corrected chi connectivity index (χ0v) is 10.9. The maximum atomic E-state index is 12.1. The van der Waals surface area contributed by atoms with Crippen LogP contribution in [0.25, 0.3) is 0 Å². The number of sulfonamides is 1. The van der Waals surface area contributed by atoms with Crippen molar-refractivity contribution in [3.63, 3.8) is 0 Å². The quantitative estimate of drug-likeness (QED) is 0.715. The van der Waals surface area contributed by atoms with Gasteiger partial charge >= 0.3 is 0 Å². The zero-order valence-electron chi connectivity index (χ0n) is 10.0. The van der Waals surface area contributed by atoms with Crippen molar-refractivity contribution in [1.82, 2.24) is 9.21 Å². The fourth-order valence-corrected chi connectivity index (χ4v) is 3.82. The first-order valence-electron chi connectivity index (χ1n) is 5.52. The monoisotopic (exact) mass is 245 g/mol. The highest BCUT2D eigenvalue weighted by molar-refractivity contribution is 7.90. The zero-order chi connectivity index (χ0) is 12.3. The molecule has 0 radical (unpaired) electrons. The molecule has 1 aliphatic heterocycles. The second-order valence-electron chi connectivity index (χ2n) is 4.29. The molecule has 0 aromatic rings. The van der Waals surface area contributed by atoms with Gasteiger partial charge in [0.25, 0.3) is 0 Å². The Morgan fingerprint density at radius 3 is 2.56 bits per heavy atom. The molecule has 1 fully saturated rings. The van der Waals surface area contributed by atoms with E-state index in [1.165, 1.54) is 4.31 Å². The number of piperazine rings is 1. The van der Waals surface area contributed by atoms with E-state index in [-0.39, 0.29) is 6.04 Å². The molecule has 1 rings (SSSR count). The Morgan fingerprint density at radius 2 is 2.12 bits per heavy atom. The van der Waals surface area contributed by atoms with Gasteiger partial charge < -0.3 is 4.90 Å². The Kier molecular flexibility index (Phi) is 4.30. The maximum Gasteiger partial charge on any atom is 0.230 e. The third-order valence-corrected chi connectivity index (χ3v) is 5.32. The lowest BCUT2D eigenvalue weighted by Crippen LogP contribution is -2.54. The van der Waals surface area contributed by atoms with Gasteiger partial charge in [-0.15, -0.1) is 0 Å². The van der Waals surface area contributed by atoms with Crippen molar-refractivity contribution in [1.29, 1.82) is 5.26 Å². The summed E-state index contributed by atoms with van der Waals surface area (Å²) in [5, 5.41) is 7.96. The molecule has 0 N–H and O–H groups in total. The standard InChI is InChI=1S/C10H19N3O2S/c1-4-10(7-11)16(14,15)13-6-5-12(3)8-9(13)2/h9-10H,4-6,8H2,1-3H3. The number of hydrogen-bond donors (Lipinski definition) is 0. The molecule has 0 bridgehead atoms. The van der Waals surface area contributed by atoms with Crippen LogP contribution in [0.2, 0.25) is 0 Å². The van der Waals surface area contributed by atoms with E-state index in [4.69, 9.17) is 5.26 Å². The first kappa shape index (κ1) is 13.4. The topological polar surface area (TPSA) is 64.4 Å². The van der Waals surface area contributed by atoms with E-state index in [0.717, 1.165) is 13.1 Å². The fourth-order valence-electron chi connectivity index (χ4n) is 2.03. The summed E-state index contributed by atoms with van der Waals surface area (Å²) >= 11 is 0. The van der Waals surface area contributed by atoms with E-state index in [1.54, 1.807) is 6.92 Å². The van der Waals surface area contributed by atoms with Crippen LogP contribution in [0.5, 0.6) is 0 Å². The van der Waals surface area contributed by atoms with E-state index < -0.39 is 15.3 Å². The predicted molar refractivity (Wildman–Crippen MR) is 62.3 cm³/mol. The highest BCUT2D eigenvalue weighted by Crippen LogP contribution is 2.18. The molecule has 5 nitrogen and oxygen atoms in total. The van der Waals surface area contributed by atoms with Gasteiger partial charge in [-0.05, 0) is 20.4 Å². The van der Waals surface area contributed by atoms with Crippen LogP contribution in [0.4, 0.5) is 0 Å². The van der Waals surface area contributed by atoms with Crippen LogP contribution in [0, 0.1) is 11.3 Å². The number of hydrogen-bond acceptors (Lipinski definition) is 4. The molecule has 0 aromatic carbocycles. The summed E-state index contributed by atoms with van der Waals surface area (Å²) in [6.45, 7) is 5.55. The third-order valence-electron chi connectivity index (χ3n) is 2.97. The van der Waals surface area contributed by atoms with Gasteiger partial charge in [-0.1, -0.05) is 6.92 Å². The smallest absolute Gasteiger partial charge is 0.230 e. The normalized spacial score (nSPS) is 26.2. The highest BCUT2D eigenvalue weighted by Gasteiger charge is 2.36. The van der Waals surface area contributed by atoms with Crippen LogP contribution in [-0.4, -0.2) is 55.6 Å². The summed E-state index contributed by atoms with van der Waals surface area (Å²) in [5.41, 5.74) is 0. The highest BCUT2D eigenvalue weighted by atomic mass is 32.2. The molecule has 16 heavy (non-hydrogen) atoms. The summed E-state index contributed by atoms with van der Waals surface area (Å²) < 4.78 is 25.8. The lowest BCUT2D eigenvalue weighted by Gasteiger charge is -2.37. The first-order valence-corrected chi connectivity index (χ1v) is 7.02. The van der Waals surface area contributed by atoms with Gasteiger partial charge in [-0.2, -0.15) is 9.57 Å². The minimum atomic E-state index is -3.45. The molecule has 92 valence electrons. The molecular weight excluding hydrogens is 226 g/mol. The Balaban J connectivity index is 2.88. The van der Waals surface area contributed by atoms with Crippen LogP contribution >= 0.6 is 0 Å². The van der Waals surface area contributed by atoms with Crippen LogP contribution in [0.3, 0.4) is 0 Å². The van der Waals surface area contributed by atoms with Crippen molar-refractivity contribution >= 4 is 10.0 Å². The van der Waals surface area contributed by atoms with Gasteiger partial charge in [0.05, 0.1) is 6.07 Å². The van der Waals surface area contributed by atoms with Gasteiger partial charge in [0.2, 0.25) is 10.0 Å².